The van der Waals surface area contributed by atoms with Crippen molar-refractivity contribution in [1.29, 1.82) is 0 Å². The maximum atomic E-state index is 10.3. The number of carbonyl (C=O) groups excluding carboxylic acids is 1. The minimum absolute atomic E-state index is 0.255. The summed E-state index contributed by atoms with van der Waals surface area (Å²) in [5, 5.41) is 0. The van der Waals surface area contributed by atoms with E-state index in [0.717, 1.165) is 26.1 Å². The molecule has 1 aliphatic heterocycles. The Hall–Kier alpha value is -0.610. The van der Waals surface area contributed by atoms with Crippen LogP contribution in [0.5, 0.6) is 0 Å². The van der Waals surface area contributed by atoms with Gasteiger partial charge in [-0.05, 0) is 12.8 Å². The molecule has 0 bridgehead atoms. The second kappa shape index (κ2) is 5.94. The van der Waals surface area contributed by atoms with E-state index in [9.17, 15) is 4.79 Å². The molecular formula is C9H16O4. The Kier molecular flexibility index (Phi) is 4.78. The summed E-state index contributed by atoms with van der Waals surface area (Å²) in [4.78, 5) is 10.3. The summed E-state index contributed by atoms with van der Waals surface area (Å²) in [6.07, 6.45) is 2.58. The molecule has 1 aliphatic rings. The van der Waals surface area contributed by atoms with Gasteiger partial charge in [-0.2, -0.15) is 0 Å². The van der Waals surface area contributed by atoms with Gasteiger partial charge in [0.25, 0.3) is 0 Å². The van der Waals surface area contributed by atoms with Crippen molar-refractivity contribution in [2.24, 2.45) is 0 Å². The molecule has 0 radical (unpaired) electrons. The quantitative estimate of drug-likeness (QED) is 0.336. The van der Waals surface area contributed by atoms with Gasteiger partial charge in [0.1, 0.15) is 6.61 Å². The molecule has 0 amide bonds. The van der Waals surface area contributed by atoms with Crippen molar-refractivity contribution in [3.8, 4) is 0 Å². The molecule has 1 atom stereocenters. The van der Waals surface area contributed by atoms with Gasteiger partial charge in [-0.3, -0.25) is 4.79 Å². The largest absolute Gasteiger partial charge is 0.463 e. The first kappa shape index (κ1) is 10.5. The van der Waals surface area contributed by atoms with Gasteiger partial charge in [0.2, 0.25) is 0 Å². The predicted molar refractivity (Wildman–Crippen MR) is 46.4 cm³/mol. The van der Waals surface area contributed by atoms with Crippen molar-refractivity contribution >= 4 is 5.97 Å². The third kappa shape index (κ3) is 6.54. The first-order chi connectivity index (χ1) is 6.29. The van der Waals surface area contributed by atoms with Crippen molar-refractivity contribution in [2.75, 3.05) is 26.4 Å². The first-order valence-electron chi connectivity index (χ1n) is 4.62. The number of epoxide rings is 1. The van der Waals surface area contributed by atoms with Gasteiger partial charge in [-0.15, -0.1) is 0 Å². The van der Waals surface area contributed by atoms with Gasteiger partial charge in [0, 0.05) is 13.5 Å². The normalized spacial score (nSPS) is 19.9. The number of hydrogen-bond acceptors (Lipinski definition) is 4. The Morgan fingerprint density at radius 2 is 2.23 bits per heavy atom. The highest BCUT2D eigenvalue weighted by atomic mass is 16.6. The zero-order chi connectivity index (χ0) is 9.52. The van der Waals surface area contributed by atoms with E-state index in [0.29, 0.717) is 19.3 Å². The topological polar surface area (TPSA) is 48.1 Å². The lowest BCUT2D eigenvalue weighted by Crippen LogP contribution is -2.08. The van der Waals surface area contributed by atoms with Gasteiger partial charge >= 0.3 is 5.97 Å². The molecular weight excluding hydrogens is 172 g/mol. The molecule has 0 aliphatic carbocycles. The third-order valence-electron chi connectivity index (χ3n) is 1.75. The molecule has 0 aromatic rings. The molecule has 4 heteroatoms. The fourth-order valence-electron chi connectivity index (χ4n) is 0.994. The van der Waals surface area contributed by atoms with Crippen LogP contribution in [0.3, 0.4) is 0 Å². The van der Waals surface area contributed by atoms with Crippen LogP contribution in [-0.4, -0.2) is 38.5 Å². The van der Waals surface area contributed by atoms with Crippen molar-refractivity contribution in [3.63, 3.8) is 0 Å². The van der Waals surface area contributed by atoms with Crippen molar-refractivity contribution < 1.29 is 19.0 Å². The molecule has 1 saturated heterocycles. The summed E-state index contributed by atoms with van der Waals surface area (Å²) in [6.45, 7) is 3.87. The summed E-state index contributed by atoms with van der Waals surface area (Å²) in [5.41, 5.74) is 0. The number of ether oxygens (including phenoxy) is 3. The van der Waals surface area contributed by atoms with E-state index in [1.165, 1.54) is 6.92 Å². The zero-order valence-electron chi connectivity index (χ0n) is 7.95. The van der Waals surface area contributed by atoms with Crippen LogP contribution in [0.4, 0.5) is 0 Å². The van der Waals surface area contributed by atoms with Crippen molar-refractivity contribution in [1.82, 2.24) is 0 Å². The lowest BCUT2D eigenvalue weighted by Gasteiger charge is -2.03. The summed E-state index contributed by atoms with van der Waals surface area (Å²) >= 11 is 0. The third-order valence-corrected chi connectivity index (χ3v) is 1.75. The molecule has 0 N–H and O–H groups in total. The molecule has 0 spiro atoms. The molecule has 1 fully saturated rings. The Morgan fingerprint density at radius 3 is 2.85 bits per heavy atom. The lowest BCUT2D eigenvalue weighted by atomic mass is 10.3. The molecule has 13 heavy (non-hydrogen) atoms. The number of carbonyl (C=O) groups is 1. The number of rotatable bonds is 7. The minimum atomic E-state index is -0.255. The molecule has 0 saturated carbocycles. The molecule has 76 valence electrons. The fraction of sp³-hybridized carbons (Fsp3) is 0.889. The van der Waals surface area contributed by atoms with E-state index in [-0.39, 0.29) is 5.97 Å². The highest BCUT2D eigenvalue weighted by Crippen LogP contribution is 2.14. The summed E-state index contributed by atoms with van der Waals surface area (Å²) in [6, 6.07) is 0. The summed E-state index contributed by atoms with van der Waals surface area (Å²) in [5.74, 6) is -0.255. The Morgan fingerprint density at radius 1 is 1.46 bits per heavy atom. The Balaban J connectivity index is 1.70. The van der Waals surface area contributed by atoms with Crippen LogP contribution >= 0.6 is 0 Å². The molecule has 0 aromatic heterocycles. The average Bonchev–Trinajstić information content (AvgIpc) is 2.86. The van der Waals surface area contributed by atoms with Crippen LogP contribution in [-0.2, 0) is 19.0 Å². The standard InChI is InChI=1S/C9H16O4/c1-8(10)12-6-5-11-4-2-3-9-7-13-9/h9H,2-7H2,1H3. The summed E-state index contributed by atoms with van der Waals surface area (Å²) in [7, 11) is 0. The van der Waals surface area contributed by atoms with E-state index in [1.54, 1.807) is 0 Å². The monoisotopic (exact) mass is 188 g/mol. The second-order valence-electron chi connectivity index (χ2n) is 3.05. The number of esters is 1. The van der Waals surface area contributed by atoms with E-state index in [1.807, 2.05) is 0 Å². The van der Waals surface area contributed by atoms with E-state index in [2.05, 4.69) is 0 Å². The van der Waals surface area contributed by atoms with Crippen molar-refractivity contribution in [3.05, 3.63) is 0 Å². The minimum Gasteiger partial charge on any atom is -0.463 e. The van der Waals surface area contributed by atoms with Gasteiger partial charge in [-0.25, -0.2) is 0 Å². The number of hydrogen-bond donors (Lipinski definition) is 0. The van der Waals surface area contributed by atoms with Crippen LogP contribution < -0.4 is 0 Å². The van der Waals surface area contributed by atoms with Gasteiger partial charge in [0.15, 0.2) is 0 Å². The highest BCUT2D eigenvalue weighted by molar-refractivity contribution is 5.65. The van der Waals surface area contributed by atoms with Crippen LogP contribution in [0.15, 0.2) is 0 Å². The SMILES string of the molecule is CC(=O)OCCOCCCC1CO1. The maximum absolute atomic E-state index is 10.3. The smallest absolute Gasteiger partial charge is 0.302 e. The van der Waals surface area contributed by atoms with E-state index < -0.39 is 0 Å². The molecule has 1 unspecified atom stereocenters. The maximum Gasteiger partial charge on any atom is 0.302 e. The van der Waals surface area contributed by atoms with E-state index >= 15 is 0 Å². The van der Waals surface area contributed by atoms with Crippen molar-refractivity contribution in [2.45, 2.75) is 25.9 Å². The van der Waals surface area contributed by atoms with Crippen LogP contribution in [0.1, 0.15) is 19.8 Å². The average molecular weight is 188 g/mol. The molecule has 1 heterocycles. The second-order valence-corrected chi connectivity index (χ2v) is 3.05. The summed E-state index contributed by atoms with van der Waals surface area (Å²) < 4.78 is 15.0. The van der Waals surface area contributed by atoms with Gasteiger partial charge in [-0.1, -0.05) is 0 Å². The van der Waals surface area contributed by atoms with Crippen LogP contribution in [0.2, 0.25) is 0 Å². The first-order valence-corrected chi connectivity index (χ1v) is 4.62. The lowest BCUT2D eigenvalue weighted by molar-refractivity contribution is -0.142. The van der Waals surface area contributed by atoms with E-state index in [4.69, 9.17) is 14.2 Å². The Labute approximate surface area is 78.2 Å². The van der Waals surface area contributed by atoms with Crippen LogP contribution in [0, 0.1) is 0 Å². The van der Waals surface area contributed by atoms with Gasteiger partial charge < -0.3 is 14.2 Å². The Bertz CT molecular complexity index is 154. The molecule has 4 nitrogen and oxygen atoms in total. The zero-order valence-corrected chi connectivity index (χ0v) is 7.95. The molecule has 0 aromatic carbocycles. The fourth-order valence-corrected chi connectivity index (χ4v) is 0.994. The molecule has 1 rings (SSSR count). The predicted octanol–water partition coefficient (Wildman–Crippen LogP) is 0.745. The van der Waals surface area contributed by atoms with Crippen LogP contribution in [0.25, 0.3) is 0 Å². The highest BCUT2D eigenvalue weighted by Gasteiger charge is 2.20. The van der Waals surface area contributed by atoms with Gasteiger partial charge in [0.05, 0.1) is 19.3 Å².